The summed E-state index contributed by atoms with van der Waals surface area (Å²) in [5.74, 6) is -0.461. The predicted molar refractivity (Wildman–Crippen MR) is 74.6 cm³/mol. The van der Waals surface area contributed by atoms with Crippen LogP contribution >= 0.6 is 23.2 Å². The van der Waals surface area contributed by atoms with E-state index in [1.165, 1.54) is 4.90 Å². The van der Waals surface area contributed by atoms with E-state index in [9.17, 15) is 9.59 Å². The number of rotatable bonds is 1. The number of benzene rings is 1. The average Bonchev–Trinajstić information content (AvgIpc) is 2.35. The van der Waals surface area contributed by atoms with Crippen molar-refractivity contribution in [1.29, 1.82) is 0 Å². The van der Waals surface area contributed by atoms with Crippen LogP contribution < -0.4 is 5.32 Å². The van der Waals surface area contributed by atoms with Crippen LogP contribution in [0, 0.1) is 0 Å². The number of nitrogens with zero attached hydrogens (tertiary/aromatic N) is 1. The fourth-order valence-electron chi connectivity index (χ4n) is 2.07. The molecule has 1 aliphatic heterocycles. The van der Waals surface area contributed by atoms with E-state index in [4.69, 9.17) is 23.2 Å². The van der Waals surface area contributed by atoms with Gasteiger partial charge in [0, 0.05) is 13.1 Å². The van der Waals surface area contributed by atoms with Crippen molar-refractivity contribution in [3.8, 4) is 0 Å². The molecule has 0 bridgehead atoms. The van der Waals surface area contributed by atoms with Gasteiger partial charge in [-0.2, -0.15) is 0 Å². The SMILES string of the molecule is CC1(C)C(=O)NCCN1C(=O)c1cccc(Cl)c1Cl. The molecule has 102 valence electrons. The number of halogens is 2. The molecule has 2 rings (SSSR count). The van der Waals surface area contributed by atoms with Gasteiger partial charge in [-0.1, -0.05) is 29.3 Å². The van der Waals surface area contributed by atoms with E-state index in [0.29, 0.717) is 23.7 Å². The molecule has 6 heteroatoms. The van der Waals surface area contributed by atoms with Crippen molar-refractivity contribution in [2.24, 2.45) is 0 Å². The smallest absolute Gasteiger partial charge is 0.256 e. The molecule has 1 fully saturated rings. The molecular weight excluding hydrogens is 287 g/mol. The Kier molecular flexibility index (Phi) is 3.74. The van der Waals surface area contributed by atoms with Crippen molar-refractivity contribution in [1.82, 2.24) is 10.2 Å². The van der Waals surface area contributed by atoms with Crippen molar-refractivity contribution < 1.29 is 9.59 Å². The summed E-state index contributed by atoms with van der Waals surface area (Å²) >= 11 is 12.0. The Morgan fingerprint density at radius 3 is 2.74 bits per heavy atom. The predicted octanol–water partition coefficient (Wildman–Crippen LogP) is 2.34. The number of carbonyl (C=O) groups excluding carboxylic acids is 2. The number of nitrogens with one attached hydrogen (secondary N) is 1. The fraction of sp³-hybridized carbons (Fsp3) is 0.385. The zero-order chi connectivity index (χ0) is 14.2. The van der Waals surface area contributed by atoms with E-state index in [1.54, 1.807) is 32.0 Å². The lowest BCUT2D eigenvalue weighted by Crippen LogP contribution is -2.63. The second kappa shape index (κ2) is 5.02. The first-order valence-corrected chi connectivity index (χ1v) is 6.65. The van der Waals surface area contributed by atoms with Crippen LogP contribution in [0.1, 0.15) is 24.2 Å². The van der Waals surface area contributed by atoms with Crippen LogP contribution in [-0.4, -0.2) is 35.3 Å². The van der Waals surface area contributed by atoms with Crippen molar-refractivity contribution in [3.63, 3.8) is 0 Å². The molecule has 0 spiro atoms. The summed E-state index contributed by atoms with van der Waals surface area (Å²) < 4.78 is 0. The highest BCUT2D eigenvalue weighted by molar-refractivity contribution is 6.43. The van der Waals surface area contributed by atoms with E-state index in [0.717, 1.165) is 0 Å². The topological polar surface area (TPSA) is 49.4 Å². The molecule has 19 heavy (non-hydrogen) atoms. The van der Waals surface area contributed by atoms with Crippen LogP contribution in [0.25, 0.3) is 0 Å². The molecule has 0 radical (unpaired) electrons. The van der Waals surface area contributed by atoms with Crippen LogP contribution in [0.3, 0.4) is 0 Å². The molecule has 1 aromatic rings. The minimum atomic E-state index is -0.902. The molecule has 4 nitrogen and oxygen atoms in total. The van der Waals surface area contributed by atoms with Gasteiger partial charge in [-0.05, 0) is 26.0 Å². The summed E-state index contributed by atoms with van der Waals surface area (Å²) in [5.41, 5.74) is -0.585. The maximum absolute atomic E-state index is 12.5. The highest BCUT2D eigenvalue weighted by atomic mass is 35.5. The maximum Gasteiger partial charge on any atom is 0.256 e. The van der Waals surface area contributed by atoms with Crippen molar-refractivity contribution in [2.75, 3.05) is 13.1 Å². The number of carbonyl (C=O) groups is 2. The highest BCUT2D eigenvalue weighted by Crippen LogP contribution is 2.29. The Labute approximate surface area is 121 Å². The first-order valence-electron chi connectivity index (χ1n) is 5.90. The standard InChI is InChI=1S/C13H14Cl2N2O2/c1-13(2)12(19)16-6-7-17(13)11(18)8-4-3-5-9(14)10(8)15/h3-5H,6-7H2,1-2H3,(H,16,19). The quantitative estimate of drug-likeness (QED) is 0.865. The lowest BCUT2D eigenvalue weighted by Gasteiger charge is -2.41. The molecule has 1 aromatic carbocycles. The Hall–Kier alpha value is -1.26. The molecule has 0 saturated carbocycles. The molecule has 1 saturated heterocycles. The minimum Gasteiger partial charge on any atom is -0.352 e. The highest BCUT2D eigenvalue weighted by Gasteiger charge is 2.41. The van der Waals surface area contributed by atoms with Gasteiger partial charge < -0.3 is 10.2 Å². The van der Waals surface area contributed by atoms with Gasteiger partial charge in [0.15, 0.2) is 0 Å². The first-order chi connectivity index (χ1) is 8.85. The Balaban J connectivity index is 2.38. The lowest BCUT2D eigenvalue weighted by atomic mass is 9.97. The molecule has 1 aliphatic rings. The lowest BCUT2D eigenvalue weighted by molar-refractivity contribution is -0.133. The van der Waals surface area contributed by atoms with E-state index in [-0.39, 0.29) is 16.8 Å². The summed E-state index contributed by atoms with van der Waals surface area (Å²) in [4.78, 5) is 25.9. The van der Waals surface area contributed by atoms with Gasteiger partial charge in [-0.25, -0.2) is 0 Å². The third-order valence-corrected chi connectivity index (χ3v) is 4.10. The Morgan fingerprint density at radius 1 is 1.37 bits per heavy atom. The first kappa shape index (κ1) is 14.2. The van der Waals surface area contributed by atoms with E-state index in [2.05, 4.69) is 5.32 Å². The third kappa shape index (κ3) is 2.42. The zero-order valence-corrected chi connectivity index (χ0v) is 12.2. The zero-order valence-electron chi connectivity index (χ0n) is 10.7. The van der Waals surface area contributed by atoms with Gasteiger partial charge in [0.25, 0.3) is 5.91 Å². The summed E-state index contributed by atoms with van der Waals surface area (Å²) in [6.07, 6.45) is 0. The summed E-state index contributed by atoms with van der Waals surface area (Å²) in [6, 6.07) is 4.90. The molecule has 0 aliphatic carbocycles. The molecule has 0 aromatic heterocycles. The minimum absolute atomic E-state index is 0.176. The van der Waals surface area contributed by atoms with E-state index in [1.807, 2.05) is 0 Å². The van der Waals surface area contributed by atoms with Gasteiger partial charge in [0.1, 0.15) is 5.54 Å². The number of hydrogen-bond acceptors (Lipinski definition) is 2. The van der Waals surface area contributed by atoms with Crippen LogP contribution in [-0.2, 0) is 4.79 Å². The second-order valence-corrected chi connectivity index (χ2v) is 5.66. The van der Waals surface area contributed by atoms with Crippen LogP contribution in [0.5, 0.6) is 0 Å². The normalized spacial score (nSPS) is 18.1. The molecule has 0 atom stereocenters. The number of hydrogen-bond donors (Lipinski definition) is 1. The fourth-order valence-corrected chi connectivity index (χ4v) is 2.45. The maximum atomic E-state index is 12.5. The monoisotopic (exact) mass is 300 g/mol. The molecule has 0 unspecified atom stereocenters. The van der Waals surface area contributed by atoms with Crippen molar-refractivity contribution in [2.45, 2.75) is 19.4 Å². The molecule has 1 N–H and O–H groups in total. The van der Waals surface area contributed by atoms with Gasteiger partial charge >= 0.3 is 0 Å². The number of piperazine rings is 1. The third-order valence-electron chi connectivity index (χ3n) is 3.28. The van der Waals surface area contributed by atoms with E-state index < -0.39 is 5.54 Å². The van der Waals surface area contributed by atoms with Gasteiger partial charge in [-0.15, -0.1) is 0 Å². The molecule has 1 heterocycles. The van der Waals surface area contributed by atoms with Crippen LogP contribution in [0.2, 0.25) is 10.0 Å². The largest absolute Gasteiger partial charge is 0.352 e. The molecular formula is C13H14Cl2N2O2. The molecule has 2 amide bonds. The number of amides is 2. The van der Waals surface area contributed by atoms with Gasteiger partial charge in [0.05, 0.1) is 15.6 Å². The Bertz CT molecular complexity index is 543. The average molecular weight is 301 g/mol. The van der Waals surface area contributed by atoms with Gasteiger partial charge in [-0.3, -0.25) is 9.59 Å². The van der Waals surface area contributed by atoms with E-state index >= 15 is 0 Å². The van der Waals surface area contributed by atoms with Crippen LogP contribution in [0.4, 0.5) is 0 Å². The van der Waals surface area contributed by atoms with Gasteiger partial charge in [0.2, 0.25) is 5.91 Å². The van der Waals surface area contributed by atoms with Crippen LogP contribution in [0.15, 0.2) is 18.2 Å². The summed E-state index contributed by atoms with van der Waals surface area (Å²) in [5, 5.41) is 3.29. The summed E-state index contributed by atoms with van der Waals surface area (Å²) in [6.45, 7) is 4.29. The summed E-state index contributed by atoms with van der Waals surface area (Å²) in [7, 11) is 0. The second-order valence-electron chi connectivity index (χ2n) is 4.87. The Morgan fingerprint density at radius 2 is 2.05 bits per heavy atom. The van der Waals surface area contributed by atoms with Crippen molar-refractivity contribution in [3.05, 3.63) is 33.8 Å². The van der Waals surface area contributed by atoms with Crippen molar-refractivity contribution >= 4 is 35.0 Å².